The molecule has 0 saturated heterocycles. The number of hydrogen-bond acceptors (Lipinski definition) is 6. The van der Waals surface area contributed by atoms with Gasteiger partial charge in [-0.3, -0.25) is 4.79 Å². The average molecular weight is 407 g/mol. The van der Waals surface area contributed by atoms with Crippen molar-refractivity contribution in [3.63, 3.8) is 0 Å². The fraction of sp³-hybridized carbons (Fsp3) is 0.273. The molecule has 0 aliphatic rings. The summed E-state index contributed by atoms with van der Waals surface area (Å²) in [6.45, 7) is 8.47. The van der Waals surface area contributed by atoms with Crippen molar-refractivity contribution >= 4 is 22.7 Å². The molecule has 29 heavy (non-hydrogen) atoms. The molecule has 1 atom stereocenters. The van der Waals surface area contributed by atoms with Gasteiger partial charge in [-0.15, -0.1) is 10.2 Å². The Morgan fingerprint density at radius 3 is 2.48 bits per heavy atom. The van der Waals surface area contributed by atoms with Crippen molar-refractivity contribution in [1.29, 1.82) is 0 Å². The van der Waals surface area contributed by atoms with Gasteiger partial charge in [-0.25, -0.2) is 4.98 Å². The summed E-state index contributed by atoms with van der Waals surface area (Å²) in [6.07, 6.45) is 0. The third kappa shape index (κ3) is 4.10. The molecule has 1 N–H and O–H groups in total. The molecule has 0 aliphatic carbocycles. The second-order valence-corrected chi connectivity index (χ2v) is 9.22. The molecule has 0 aliphatic heterocycles. The van der Waals surface area contributed by atoms with Crippen LogP contribution in [0.2, 0.25) is 0 Å². The molecular weight excluding hydrogens is 384 g/mol. The summed E-state index contributed by atoms with van der Waals surface area (Å²) >= 11 is 1.36. The monoisotopic (exact) mass is 406 g/mol. The standard InChI is InChI=1S/C22H22N4O2S/c1-13(18-23-17-8-6-5-7-16(17)19(27)24-18)29-21-26-25-20(28-21)14-9-11-15(12-10-14)22(2,3)4/h5-13H,1-4H3,(H,23,24,27)/t13-/m0/s1. The maximum Gasteiger partial charge on any atom is 0.277 e. The van der Waals surface area contributed by atoms with Crippen LogP contribution >= 0.6 is 11.8 Å². The number of thioether (sulfide) groups is 1. The van der Waals surface area contributed by atoms with Crippen molar-refractivity contribution in [2.24, 2.45) is 0 Å². The first-order chi connectivity index (χ1) is 13.8. The number of H-pyrrole nitrogens is 1. The first-order valence-electron chi connectivity index (χ1n) is 9.41. The third-order valence-corrected chi connectivity index (χ3v) is 5.64. The predicted molar refractivity (Wildman–Crippen MR) is 115 cm³/mol. The first-order valence-corrected chi connectivity index (χ1v) is 10.3. The molecule has 0 bridgehead atoms. The number of hydrogen-bond donors (Lipinski definition) is 1. The van der Waals surface area contributed by atoms with Crippen LogP contribution in [0.5, 0.6) is 0 Å². The molecule has 4 rings (SSSR count). The number of aromatic amines is 1. The van der Waals surface area contributed by atoms with Gasteiger partial charge in [0.15, 0.2) is 0 Å². The molecular formula is C22H22N4O2S. The summed E-state index contributed by atoms with van der Waals surface area (Å²) < 4.78 is 5.83. The van der Waals surface area contributed by atoms with Crippen LogP contribution in [0, 0.1) is 0 Å². The van der Waals surface area contributed by atoms with Crippen LogP contribution in [0.1, 0.15) is 44.3 Å². The minimum Gasteiger partial charge on any atom is -0.411 e. The molecule has 0 saturated carbocycles. The Hall–Kier alpha value is -2.93. The van der Waals surface area contributed by atoms with E-state index in [1.165, 1.54) is 17.3 Å². The first kappa shape index (κ1) is 19.4. The van der Waals surface area contributed by atoms with Gasteiger partial charge in [0.2, 0.25) is 5.89 Å². The Bertz CT molecular complexity index is 1210. The smallest absolute Gasteiger partial charge is 0.277 e. The highest BCUT2D eigenvalue weighted by Gasteiger charge is 2.18. The van der Waals surface area contributed by atoms with Crippen LogP contribution in [-0.4, -0.2) is 20.2 Å². The summed E-state index contributed by atoms with van der Waals surface area (Å²) in [6, 6.07) is 15.4. The zero-order valence-electron chi connectivity index (χ0n) is 16.8. The Kier molecular flexibility index (Phi) is 5.00. The molecule has 2 heterocycles. The van der Waals surface area contributed by atoms with E-state index < -0.39 is 0 Å². The highest BCUT2D eigenvalue weighted by molar-refractivity contribution is 7.99. The predicted octanol–water partition coefficient (Wildman–Crippen LogP) is 5.12. The average Bonchev–Trinajstić information content (AvgIpc) is 3.16. The number of nitrogens with zero attached hydrogens (tertiary/aromatic N) is 3. The SMILES string of the molecule is C[C@H](Sc1nnc(-c2ccc(C(C)(C)C)cc2)o1)c1nc2ccccc2c(=O)[nH]1. The van der Waals surface area contributed by atoms with Crippen LogP contribution in [0.3, 0.4) is 0 Å². The van der Waals surface area contributed by atoms with E-state index >= 15 is 0 Å². The van der Waals surface area contributed by atoms with Gasteiger partial charge in [0.1, 0.15) is 5.82 Å². The summed E-state index contributed by atoms with van der Waals surface area (Å²) in [5.74, 6) is 1.05. The maximum atomic E-state index is 12.3. The van der Waals surface area contributed by atoms with Crippen molar-refractivity contribution < 1.29 is 4.42 Å². The minimum atomic E-state index is -0.150. The third-order valence-electron chi connectivity index (χ3n) is 4.70. The van der Waals surface area contributed by atoms with Gasteiger partial charge in [-0.2, -0.15) is 0 Å². The minimum absolute atomic E-state index is 0.0909. The van der Waals surface area contributed by atoms with Crippen LogP contribution < -0.4 is 5.56 Å². The fourth-order valence-corrected chi connectivity index (χ4v) is 3.73. The van der Waals surface area contributed by atoms with Crippen LogP contribution in [-0.2, 0) is 5.41 Å². The Morgan fingerprint density at radius 2 is 1.76 bits per heavy atom. The summed E-state index contributed by atoms with van der Waals surface area (Å²) in [7, 11) is 0. The zero-order chi connectivity index (χ0) is 20.6. The molecule has 0 unspecified atom stereocenters. The van der Waals surface area contributed by atoms with Crippen LogP contribution in [0.4, 0.5) is 0 Å². The van der Waals surface area contributed by atoms with E-state index in [9.17, 15) is 4.79 Å². The van der Waals surface area contributed by atoms with Crippen molar-refractivity contribution in [2.45, 2.75) is 43.6 Å². The number of aromatic nitrogens is 4. The highest BCUT2D eigenvalue weighted by Crippen LogP contribution is 2.34. The van der Waals surface area contributed by atoms with Crippen molar-refractivity contribution in [1.82, 2.24) is 20.2 Å². The van der Waals surface area contributed by atoms with Gasteiger partial charge in [0, 0.05) is 5.56 Å². The summed E-state index contributed by atoms with van der Waals surface area (Å²) in [4.78, 5) is 19.7. The molecule has 0 spiro atoms. The molecule has 6 nitrogen and oxygen atoms in total. The topological polar surface area (TPSA) is 84.7 Å². The van der Waals surface area contributed by atoms with E-state index in [0.29, 0.717) is 27.8 Å². The Balaban J connectivity index is 1.54. The van der Waals surface area contributed by atoms with E-state index in [0.717, 1.165) is 5.56 Å². The summed E-state index contributed by atoms with van der Waals surface area (Å²) in [5.41, 5.74) is 2.73. The van der Waals surface area contributed by atoms with Crippen molar-refractivity contribution in [3.8, 4) is 11.5 Å². The largest absolute Gasteiger partial charge is 0.411 e. The molecule has 148 valence electrons. The molecule has 0 fully saturated rings. The van der Waals surface area contributed by atoms with Gasteiger partial charge in [0.05, 0.1) is 16.2 Å². The van der Waals surface area contributed by atoms with E-state index in [-0.39, 0.29) is 16.2 Å². The van der Waals surface area contributed by atoms with Gasteiger partial charge < -0.3 is 9.40 Å². The number of fused-ring (bicyclic) bond motifs is 1. The van der Waals surface area contributed by atoms with Crippen LogP contribution in [0.15, 0.2) is 63.0 Å². The van der Waals surface area contributed by atoms with Crippen LogP contribution in [0.25, 0.3) is 22.4 Å². The van der Waals surface area contributed by atoms with Gasteiger partial charge in [-0.1, -0.05) is 56.8 Å². The Morgan fingerprint density at radius 1 is 1.03 bits per heavy atom. The second kappa shape index (κ2) is 7.48. The zero-order valence-corrected chi connectivity index (χ0v) is 17.6. The highest BCUT2D eigenvalue weighted by atomic mass is 32.2. The number of benzene rings is 2. The van der Waals surface area contributed by atoms with E-state index in [2.05, 4.69) is 53.1 Å². The molecule has 2 aromatic carbocycles. The second-order valence-electron chi connectivity index (χ2n) is 7.93. The van der Waals surface area contributed by atoms with Gasteiger partial charge >= 0.3 is 0 Å². The molecule has 7 heteroatoms. The fourth-order valence-electron chi connectivity index (χ4n) is 2.99. The summed E-state index contributed by atoms with van der Waals surface area (Å²) in [5, 5.41) is 9.16. The van der Waals surface area contributed by atoms with E-state index in [1.807, 2.05) is 37.3 Å². The van der Waals surface area contributed by atoms with Crippen molar-refractivity contribution in [3.05, 3.63) is 70.3 Å². The Labute approximate surface area is 172 Å². The quantitative estimate of drug-likeness (QED) is 0.473. The normalized spacial score (nSPS) is 13.0. The van der Waals surface area contributed by atoms with Gasteiger partial charge in [0.25, 0.3) is 10.8 Å². The van der Waals surface area contributed by atoms with E-state index in [1.54, 1.807) is 6.07 Å². The molecule has 4 aromatic rings. The van der Waals surface area contributed by atoms with E-state index in [4.69, 9.17) is 4.42 Å². The molecule has 0 amide bonds. The maximum absolute atomic E-state index is 12.3. The lowest BCUT2D eigenvalue weighted by Crippen LogP contribution is -2.12. The number of nitrogens with one attached hydrogen (secondary N) is 1. The van der Waals surface area contributed by atoms with Gasteiger partial charge in [-0.05, 0) is 42.2 Å². The lowest BCUT2D eigenvalue weighted by atomic mass is 9.87. The molecule has 0 radical (unpaired) electrons. The lowest BCUT2D eigenvalue weighted by Gasteiger charge is -2.18. The number of rotatable bonds is 4. The number of para-hydroxylation sites is 1. The molecule has 2 aromatic heterocycles. The van der Waals surface area contributed by atoms with Crippen molar-refractivity contribution in [2.75, 3.05) is 0 Å². The lowest BCUT2D eigenvalue weighted by molar-refractivity contribution is 0.464.